The molecule has 3 aromatic rings. The maximum atomic E-state index is 13.1. The first-order valence-electron chi connectivity index (χ1n) is 7.09. The summed E-state index contributed by atoms with van der Waals surface area (Å²) in [6, 6.07) is 16.7. The predicted octanol–water partition coefficient (Wildman–Crippen LogP) is 4.05. The first-order valence-corrected chi connectivity index (χ1v) is 8.07. The van der Waals surface area contributed by atoms with E-state index in [0.29, 0.717) is 0 Å². The van der Waals surface area contributed by atoms with Crippen LogP contribution in [0.2, 0.25) is 0 Å². The van der Waals surface area contributed by atoms with Gasteiger partial charge in [0.1, 0.15) is 11.6 Å². The van der Waals surface area contributed by atoms with Crippen molar-refractivity contribution in [1.82, 2.24) is 14.8 Å². The monoisotopic (exact) mass is 313 g/mol. The van der Waals surface area contributed by atoms with Crippen LogP contribution in [0, 0.1) is 12.7 Å². The highest BCUT2D eigenvalue weighted by Crippen LogP contribution is 2.22. The van der Waals surface area contributed by atoms with Gasteiger partial charge < -0.3 is 0 Å². The lowest BCUT2D eigenvalue weighted by atomic mass is 10.2. The van der Waals surface area contributed by atoms with Gasteiger partial charge in [0.2, 0.25) is 0 Å². The third-order valence-electron chi connectivity index (χ3n) is 3.34. The molecule has 0 unspecified atom stereocenters. The molecular weight excluding hydrogens is 297 g/mol. The molecule has 5 heteroatoms. The van der Waals surface area contributed by atoms with E-state index in [9.17, 15) is 4.39 Å². The molecule has 112 valence electrons. The van der Waals surface area contributed by atoms with Crippen LogP contribution >= 0.6 is 11.8 Å². The van der Waals surface area contributed by atoms with Gasteiger partial charge in [-0.05, 0) is 43.2 Å². The van der Waals surface area contributed by atoms with Crippen molar-refractivity contribution in [2.24, 2.45) is 0 Å². The molecule has 3 nitrogen and oxygen atoms in total. The molecule has 22 heavy (non-hydrogen) atoms. The van der Waals surface area contributed by atoms with Crippen LogP contribution in [0.15, 0.2) is 59.8 Å². The van der Waals surface area contributed by atoms with Gasteiger partial charge in [-0.25, -0.2) is 4.39 Å². The molecule has 3 rings (SSSR count). The topological polar surface area (TPSA) is 30.7 Å². The maximum Gasteiger partial charge on any atom is 0.195 e. The van der Waals surface area contributed by atoms with Gasteiger partial charge in [-0.3, -0.25) is 4.57 Å². The molecule has 0 spiro atoms. The van der Waals surface area contributed by atoms with E-state index < -0.39 is 0 Å². The molecule has 0 aliphatic rings. The largest absolute Gasteiger partial charge is 0.274 e. The Morgan fingerprint density at radius 2 is 1.73 bits per heavy atom. The predicted molar refractivity (Wildman–Crippen MR) is 86.9 cm³/mol. The van der Waals surface area contributed by atoms with Crippen LogP contribution in [0.25, 0.3) is 5.69 Å². The van der Waals surface area contributed by atoms with Crippen LogP contribution in [0.3, 0.4) is 0 Å². The summed E-state index contributed by atoms with van der Waals surface area (Å²) in [6.45, 7) is 1.90. The number of aromatic nitrogens is 3. The Morgan fingerprint density at radius 3 is 2.45 bits per heavy atom. The van der Waals surface area contributed by atoms with Crippen molar-refractivity contribution < 1.29 is 4.39 Å². The second-order valence-electron chi connectivity index (χ2n) is 4.93. The Morgan fingerprint density at radius 1 is 1.00 bits per heavy atom. The van der Waals surface area contributed by atoms with Gasteiger partial charge in [-0.2, -0.15) is 0 Å². The quantitative estimate of drug-likeness (QED) is 0.666. The minimum absolute atomic E-state index is 0.243. The highest BCUT2D eigenvalue weighted by atomic mass is 32.2. The molecule has 0 fully saturated rings. The van der Waals surface area contributed by atoms with Crippen molar-refractivity contribution in [1.29, 1.82) is 0 Å². The second kappa shape index (κ2) is 6.75. The summed E-state index contributed by atoms with van der Waals surface area (Å²) in [5.41, 5.74) is 2.19. The van der Waals surface area contributed by atoms with E-state index in [1.807, 2.05) is 29.7 Å². The van der Waals surface area contributed by atoms with E-state index in [4.69, 9.17) is 0 Å². The van der Waals surface area contributed by atoms with Gasteiger partial charge in [-0.15, -0.1) is 10.2 Å². The smallest absolute Gasteiger partial charge is 0.195 e. The molecule has 1 aromatic heterocycles. The zero-order valence-electron chi connectivity index (χ0n) is 12.2. The number of hydrogen-bond donors (Lipinski definition) is 0. The number of hydrogen-bond acceptors (Lipinski definition) is 3. The second-order valence-corrected chi connectivity index (χ2v) is 5.99. The zero-order chi connectivity index (χ0) is 15.4. The van der Waals surface area contributed by atoms with Crippen molar-refractivity contribution in [3.8, 4) is 5.69 Å². The Balaban J connectivity index is 1.73. The Hall–Kier alpha value is -2.14. The van der Waals surface area contributed by atoms with Crippen LogP contribution in [0.5, 0.6) is 0 Å². The first-order chi connectivity index (χ1) is 10.7. The van der Waals surface area contributed by atoms with Crippen LogP contribution in [0.4, 0.5) is 4.39 Å². The fourth-order valence-corrected chi connectivity index (χ4v) is 3.21. The summed E-state index contributed by atoms with van der Waals surface area (Å²) in [5, 5.41) is 9.20. The van der Waals surface area contributed by atoms with E-state index in [1.54, 1.807) is 23.9 Å². The van der Waals surface area contributed by atoms with Crippen LogP contribution in [0.1, 0.15) is 11.4 Å². The highest BCUT2D eigenvalue weighted by molar-refractivity contribution is 7.99. The number of halogens is 1. The molecular formula is C17H16FN3S. The molecule has 1 heterocycles. The van der Waals surface area contributed by atoms with Crippen LogP contribution < -0.4 is 0 Å². The maximum absolute atomic E-state index is 13.1. The first kappa shape index (κ1) is 14.8. The van der Waals surface area contributed by atoms with Gasteiger partial charge in [-0.1, -0.05) is 42.1 Å². The van der Waals surface area contributed by atoms with Gasteiger partial charge in [0, 0.05) is 11.4 Å². The molecule has 0 aliphatic carbocycles. The lowest BCUT2D eigenvalue weighted by Crippen LogP contribution is -2.00. The number of rotatable bonds is 5. The number of aryl methyl sites for hydroxylation is 2. The molecule has 0 radical (unpaired) electrons. The summed E-state index contributed by atoms with van der Waals surface area (Å²) in [7, 11) is 0. The summed E-state index contributed by atoms with van der Waals surface area (Å²) in [5.74, 6) is 1.48. The fraction of sp³-hybridized carbons (Fsp3) is 0.176. The molecule has 0 N–H and O–H groups in total. The van der Waals surface area contributed by atoms with Crippen molar-refractivity contribution in [3.63, 3.8) is 0 Å². The van der Waals surface area contributed by atoms with E-state index in [1.165, 1.54) is 17.7 Å². The van der Waals surface area contributed by atoms with Gasteiger partial charge in [0.05, 0.1) is 0 Å². The minimum Gasteiger partial charge on any atom is -0.274 e. The molecule has 0 bridgehead atoms. The minimum atomic E-state index is -0.243. The van der Waals surface area contributed by atoms with E-state index >= 15 is 0 Å². The van der Waals surface area contributed by atoms with E-state index in [2.05, 4.69) is 22.3 Å². The van der Waals surface area contributed by atoms with Crippen molar-refractivity contribution in [2.75, 3.05) is 5.75 Å². The fourth-order valence-electron chi connectivity index (χ4n) is 2.23. The Kier molecular flexibility index (Phi) is 4.53. The van der Waals surface area contributed by atoms with Gasteiger partial charge >= 0.3 is 0 Å². The van der Waals surface area contributed by atoms with Crippen molar-refractivity contribution in [2.45, 2.75) is 18.5 Å². The number of benzene rings is 2. The summed E-state index contributed by atoms with van der Waals surface area (Å²) >= 11 is 1.66. The third-order valence-corrected chi connectivity index (χ3v) is 4.28. The SMILES string of the molecule is Cc1nnc(SCCc2ccccc2)n1-c1ccc(F)cc1. The average Bonchev–Trinajstić information content (AvgIpc) is 2.90. The van der Waals surface area contributed by atoms with Crippen LogP contribution in [-0.2, 0) is 6.42 Å². The molecule has 0 saturated carbocycles. The molecule has 0 saturated heterocycles. The lowest BCUT2D eigenvalue weighted by Gasteiger charge is -2.08. The van der Waals surface area contributed by atoms with Crippen molar-refractivity contribution in [3.05, 3.63) is 71.8 Å². The van der Waals surface area contributed by atoms with E-state index in [0.717, 1.165) is 28.8 Å². The molecule has 0 aliphatic heterocycles. The zero-order valence-corrected chi connectivity index (χ0v) is 13.1. The van der Waals surface area contributed by atoms with Gasteiger partial charge in [0.25, 0.3) is 0 Å². The summed E-state index contributed by atoms with van der Waals surface area (Å²) < 4.78 is 15.0. The highest BCUT2D eigenvalue weighted by Gasteiger charge is 2.11. The number of thioether (sulfide) groups is 1. The summed E-state index contributed by atoms with van der Waals surface area (Å²) in [6.07, 6.45) is 0.973. The van der Waals surface area contributed by atoms with E-state index in [-0.39, 0.29) is 5.82 Å². The lowest BCUT2D eigenvalue weighted by molar-refractivity contribution is 0.627. The average molecular weight is 313 g/mol. The number of nitrogens with zero attached hydrogens (tertiary/aromatic N) is 3. The van der Waals surface area contributed by atoms with Crippen LogP contribution in [-0.4, -0.2) is 20.5 Å². The third kappa shape index (κ3) is 3.36. The Labute approximate surface area is 133 Å². The standard InChI is InChI=1S/C17H16FN3S/c1-13-19-20-17(21(13)16-9-7-15(18)8-10-16)22-12-11-14-5-3-2-4-6-14/h2-10H,11-12H2,1H3. The Bertz CT molecular complexity index is 738. The van der Waals surface area contributed by atoms with Crippen molar-refractivity contribution >= 4 is 11.8 Å². The molecule has 2 aromatic carbocycles. The normalized spacial score (nSPS) is 10.8. The molecule has 0 atom stereocenters. The van der Waals surface area contributed by atoms with Gasteiger partial charge in [0.15, 0.2) is 5.16 Å². The summed E-state index contributed by atoms with van der Waals surface area (Å²) in [4.78, 5) is 0. The molecule has 0 amide bonds.